The summed E-state index contributed by atoms with van der Waals surface area (Å²) in [5, 5.41) is 23.3. The molecule has 0 fully saturated rings. The van der Waals surface area contributed by atoms with Gasteiger partial charge >= 0.3 is 5.97 Å². The van der Waals surface area contributed by atoms with Gasteiger partial charge in [0.1, 0.15) is 0 Å². The van der Waals surface area contributed by atoms with E-state index in [2.05, 4.69) is 43.5 Å². The van der Waals surface area contributed by atoms with Crippen molar-refractivity contribution in [3.05, 3.63) is 24.3 Å². The highest BCUT2D eigenvalue weighted by Gasteiger charge is 2.20. The number of hydrogen-bond donors (Lipinski definition) is 3. The quantitative estimate of drug-likeness (QED) is 0.0320. The van der Waals surface area contributed by atoms with Crippen LogP contribution < -0.4 is 5.32 Å². The normalized spacial score (nSPS) is 12.7. The Balaban J connectivity index is 3.37. The molecule has 0 aromatic rings. The van der Waals surface area contributed by atoms with Crippen molar-refractivity contribution in [2.24, 2.45) is 0 Å². The van der Waals surface area contributed by atoms with Crippen LogP contribution in [0.3, 0.4) is 0 Å². The van der Waals surface area contributed by atoms with Crippen molar-refractivity contribution in [3.8, 4) is 0 Å². The molecule has 0 bridgehead atoms. The molecule has 0 rings (SSSR count). The van der Waals surface area contributed by atoms with Gasteiger partial charge in [-0.1, -0.05) is 314 Å². The summed E-state index contributed by atoms with van der Waals surface area (Å²) in [7, 11) is 0. The Morgan fingerprint density at radius 1 is 0.389 bits per heavy atom. The fourth-order valence-electron chi connectivity index (χ4n) is 10.3. The molecule has 0 aliphatic heterocycles. The van der Waals surface area contributed by atoms with Crippen molar-refractivity contribution in [1.82, 2.24) is 5.32 Å². The number of carbonyl (C=O) groups excluding carboxylic acids is 2. The molecule has 1 amide bonds. The van der Waals surface area contributed by atoms with Gasteiger partial charge in [0.15, 0.2) is 0 Å². The summed E-state index contributed by atoms with van der Waals surface area (Å²) in [6.07, 6.45) is 76.2. The molecule has 0 aromatic carbocycles. The van der Waals surface area contributed by atoms with Gasteiger partial charge < -0.3 is 20.3 Å². The summed E-state index contributed by atoms with van der Waals surface area (Å²) in [6, 6.07) is -0.542. The number of aliphatic hydroxyl groups excluding tert-OH is 2. The van der Waals surface area contributed by atoms with Gasteiger partial charge in [-0.3, -0.25) is 9.59 Å². The minimum Gasteiger partial charge on any atom is -0.466 e. The molecule has 0 saturated carbocycles. The van der Waals surface area contributed by atoms with E-state index in [-0.39, 0.29) is 18.5 Å². The van der Waals surface area contributed by atoms with Crippen molar-refractivity contribution in [1.29, 1.82) is 0 Å². The molecule has 0 heterocycles. The minimum absolute atomic E-state index is 0.00615. The van der Waals surface area contributed by atoms with E-state index >= 15 is 0 Å². The Morgan fingerprint density at radius 2 is 0.694 bits per heavy atom. The van der Waals surface area contributed by atoms with E-state index in [9.17, 15) is 19.8 Å². The smallest absolute Gasteiger partial charge is 0.305 e. The van der Waals surface area contributed by atoms with Crippen LogP contribution in [0.1, 0.15) is 361 Å². The molecule has 0 radical (unpaired) electrons. The molecule has 0 saturated heterocycles. The first kappa shape index (κ1) is 70.3. The largest absolute Gasteiger partial charge is 0.466 e. The zero-order valence-electron chi connectivity index (χ0n) is 48.7. The van der Waals surface area contributed by atoms with Gasteiger partial charge in [0.05, 0.1) is 25.4 Å². The zero-order chi connectivity index (χ0) is 52.2. The van der Waals surface area contributed by atoms with Crippen LogP contribution in [-0.4, -0.2) is 47.4 Å². The topological polar surface area (TPSA) is 95.9 Å². The minimum atomic E-state index is -0.664. The predicted octanol–water partition coefficient (Wildman–Crippen LogP) is 20.6. The lowest BCUT2D eigenvalue weighted by molar-refractivity contribution is -0.143. The number of ether oxygens (including phenoxy) is 1. The third kappa shape index (κ3) is 57.6. The predicted molar refractivity (Wildman–Crippen MR) is 315 cm³/mol. The van der Waals surface area contributed by atoms with E-state index in [1.807, 2.05) is 0 Å². The summed E-state index contributed by atoms with van der Waals surface area (Å²) < 4.78 is 5.49. The van der Waals surface area contributed by atoms with Gasteiger partial charge in [0, 0.05) is 12.8 Å². The Kier molecular flexibility index (Phi) is 60.5. The highest BCUT2D eigenvalue weighted by molar-refractivity contribution is 5.76. The van der Waals surface area contributed by atoms with Crippen LogP contribution in [0.25, 0.3) is 0 Å². The Morgan fingerprint density at radius 3 is 1.08 bits per heavy atom. The summed E-state index contributed by atoms with van der Waals surface area (Å²) in [4.78, 5) is 24.6. The maximum atomic E-state index is 12.5. The number of aliphatic hydroxyl groups is 2. The number of nitrogens with one attached hydrogen (secondary N) is 1. The summed E-state index contributed by atoms with van der Waals surface area (Å²) >= 11 is 0. The van der Waals surface area contributed by atoms with Crippen LogP contribution in [0.2, 0.25) is 0 Å². The second kappa shape index (κ2) is 61.9. The summed E-state index contributed by atoms with van der Waals surface area (Å²) in [5.74, 6) is -0.0264. The number of amides is 1. The van der Waals surface area contributed by atoms with E-state index in [1.54, 1.807) is 0 Å². The van der Waals surface area contributed by atoms with Gasteiger partial charge in [0.2, 0.25) is 5.91 Å². The van der Waals surface area contributed by atoms with Gasteiger partial charge in [-0.25, -0.2) is 0 Å². The van der Waals surface area contributed by atoms with E-state index in [4.69, 9.17) is 4.74 Å². The molecule has 0 spiro atoms. The van der Waals surface area contributed by atoms with Crippen LogP contribution in [0.4, 0.5) is 0 Å². The summed E-state index contributed by atoms with van der Waals surface area (Å²) in [6.45, 7) is 4.95. The third-order valence-corrected chi connectivity index (χ3v) is 15.3. The highest BCUT2D eigenvalue weighted by atomic mass is 16.5. The molecule has 0 aromatic heterocycles. The van der Waals surface area contributed by atoms with Gasteiger partial charge in [-0.2, -0.15) is 0 Å². The van der Waals surface area contributed by atoms with Gasteiger partial charge in [0.25, 0.3) is 0 Å². The molecule has 72 heavy (non-hydrogen) atoms. The van der Waals surface area contributed by atoms with Crippen molar-refractivity contribution >= 4 is 11.9 Å². The first-order chi connectivity index (χ1) is 35.5. The molecule has 0 aliphatic rings. The first-order valence-electron chi connectivity index (χ1n) is 32.6. The molecule has 426 valence electrons. The van der Waals surface area contributed by atoms with Crippen molar-refractivity contribution in [2.45, 2.75) is 373 Å². The number of allylic oxidation sites excluding steroid dienone is 4. The monoisotopic (exact) mass is 1010 g/mol. The fraction of sp³-hybridized carbons (Fsp3) is 0.909. The van der Waals surface area contributed by atoms with Crippen LogP contribution in [0.15, 0.2) is 24.3 Å². The van der Waals surface area contributed by atoms with Gasteiger partial charge in [-0.15, -0.1) is 0 Å². The lowest BCUT2D eigenvalue weighted by Gasteiger charge is -2.22. The number of hydrogen-bond acceptors (Lipinski definition) is 5. The molecule has 2 unspecified atom stereocenters. The number of rotatable bonds is 61. The Hall–Kier alpha value is -1.66. The highest BCUT2D eigenvalue weighted by Crippen LogP contribution is 2.18. The SMILES string of the molecule is CCCCC/C=C\C/C=C\CCCCCCCCCC(=O)OCCCCCCCCCCCCCCCCCCCCCCCCC(=O)NC(CO)C(O)CCCCCCCCCCCCCCCCCC. The van der Waals surface area contributed by atoms with Crippen molar-refractivity contribution < 1.29 is 24.5 Å². The van der Waals surface area contributed by atoms with Crippen molar-refractivity contribution in [2.75, 3.05) is 13.2 Å². The lowest BCUT2D eigenvalue weighted by atomic mass is 10.0. The molecule has 6 heteroatoms. The number of unbranched alkanes of at least 4 members (excludes halogenated alkanes) is 46. The van der Waals surface area contributed by atoms with E-state index in [0.29, 0.717) is 25.9 Å². The maximum Gasteiger partial charge on any atom is 0.305 e. The van der Waals surface area contributed by atoms with Gasteiger partial charge in [-0.05, 0) is 57.8 Å². The standard InChI is InChI=1S/C66H127NO5/c1-3-5-7-9-11-13-15-17-19-27-32-36-40-44-48-52-56-60-66(71)72-61-57-53-49-45-41-37-33-29-26-24-22-21-23-25-28-31-35-39-43-47-51-55-59-65(70)67-63(62-68)64(69)58-54-50-46-42-38-34-30-20-18-16-14-12-10-8-6-4-2/h11,13,17,19,63-64,68-69H,3-10,12,14-16,18,20-62H2,1-2H3,(H,67,70)/b13-11-,19-17-. The number of esters is 1. The van der Waals surface area contributed by atoms with E-state index in [1.165, 1.54) is 276 Å². The third-order valence-electron chi connectivity index (χ3n) is 15.3. The second-order valence-corrected chi connectivity index (χ2v) is 22.5. The Bertz CT molecular complexity index is 1120. The molecular weight excluding hydrogens is 887 g/mol. The van der Waals surface area contributed by atoms with Crippen LogP contribution in [0, 0.1) is 0 Å². The van der Waals surface area contributed by atoms with Crippen LogP contribution in [0.5, 0.6) is 0 Å². The lowest BCUT2D eigenvalue weighted by Crippen LogP contribution is -2.45. The number of carbonyl (C=O) groups is 2. The molecular formula is C66H127NO5. The maximum absolute atomic E-state index is 12.5. The van der Waals surface area contributed by atoms with E-state index in [0.717, 1.165) is 51.4 Å². The first-order valence-corrected chi connectivity index (χ1v) is 32.6. The Labute approximate surface area is 450 Å². The average molecular weight is 1010 g/mol. The second-order valence-electron chi connectivity index (χ2n) is 22.5. The van der Waals surface area contributed by atoms with Crippen LogP contribution >= 0.6 is 0 Å². The fourth-order valence-corrected chi connectivity index (χ4v) is 10.3. The van der Waals surface area contributed by atoms with E-state index < -0.39 is 12.1 Å². The molecule has 6 nitrogen and oxygen atoms in total. The van der Waals surface area contributed by atoms with Crippen LogP contribution in [-0.2, 0) is 14.3 Å². The summed E-state index contributed by atoms with van der Waals surface area (Å²) in [5.41, 5.74) is 0. The molecule has 3 N–H and O–H groups in total. The van der Waals surface area contributed by atoms with Crippen molar-refractivity contribution in [3.63, 3.8) is 0 Å². The molecule has 0 aliphatic carbocycles. The zero-order valence-corrected chi connectivity index (χ0v) is 48.7. The average Bonchev–Trinajstić information content (AvgIpc) is 3.38. The molecule has 2 atom stereocenters.